The summed E-state index contributed by atoms with van der Waals surface area (Å²) in [4.78, 5) is 15.1. The Morgan fingerprint density at radius 2 is 2.14 bits per heavy atom. The van der Waals surface area contributed by atoms with E-state index in [1.165, 1.54) is 17.3 Å². The van der Waals surface area contributed by atoms with Gasteiger partial charge in [-0.05, 0) is 18.1 Å². The fourth-order valence-corrected chi connectivity index (χ4v) is 2.65. The van der Waals surface area contributed by atoms with Crippen LogP contribution in [-0.4, -0.2) is 26.4 Å². The van der Waals surface area contributed by atoms with Crippen molar-refractivity contribution >= 4 is 0 Å². The zero-order chi connectivity index (χ0) is 14.7. The Labute approximate surface area is 124 Å². The summed E-state index contributed by atoms with van der Waals surface area (Å²) in [7, 11) is 0. The van der Waals surface area contributed by atoms with Crippen LogP contribution in [-0.2, 0) is 25.9 Å². The molecule has 0 aliphatic carbocycles. The lowest BCUT2D eigenvalue weighted by molar-refractivity contribution is 0.242. The Balaban J connectivity index is 1.68. The topological polar surface area (TPSA) is 41.9 Å². The summed E-state index contributed by atoms with van der Waals surface area (Å²) in [5.41, 5.74) is 3.42. The van der Waals surface area contributed by atoms with Gasteiger partial charge in [0, 0.05) is 56.1 Å². The summed E-state index contributed by atoms with van der Waals surface area (Å²) in [5, 5.41) is 0. The Morgan fingerprint density at radius 1 is 1.24 bits per heavy atom. The van der Waals surface area contributed by atoms with Crippen LogP contribution < -0.4 is 0 Å². The maximum atomic E-state index is 12.8. The molecule has 0 fully saturated rings. The van der Waals surface area contributed by atoms with E-state index in [0.717, 1.165) is 50.3 Å². The molecule has 21 heavy (non-hydrogen) atoms. The number of fused-ring (bicyclic) bond motifs is 1. The van der Waals surface area contributed by atoms with Gasteiger partial charge in [-0.1, -0.05) is 13.0 Å². The quantitative estimate of drug-likeness (QED) is 0.810. The van der Waals surface area contributed by atoms with Crippen molar-refractivity contribution in [3.63, 3.8) is 0 Å². The molecule has 0 radical (unpaired) electrons. The van der Waals surface area contributed by atoms with E-state index in [9.17, 15) is 4.39 Å². The normalized spacial score (nSPS) is 15.0. The molecule has 0 atom stereocenters. The van der Waals surface area contributed by atoms with E-state index in [4.69, 9.17) is 0 Å². The number of rotatable bonds is 4. The summed E-state index contributed by atoms with van der Waals surface area (Å²) in [5.74, 6) is 0.520. The maximum Gasteiger partial charge on any atom is 0.212 e. The summed E-state index contributed by atoms with van der Waals surface area (Å²) >= 11 is 0. The Bertz CT molecular complexity index is 612. The van der Waals surface area contributed by atoms with E-state index in [-0.39, 0.29) is 0 Å². The van der Waals surface area contributed by atoms with Gasteiger partial charge in [-0.3, -0.25) is 4.90 Å². The van der Waals surface area contributed by atoms with Gasteiger partial charge in [-0.25, -0.2) is 15.0 Å². The summed E-state index contributed by atoms with van der Waals surface area (Å²) in [6, 6.07) is 3.20. The zero-order valence-corrected chi connectivity index (χ0v) is 12.2. The van der Waals surface area contributed by atoms with Gasteiger partial charge in [0.1, 0.15) is 5.82 Å². The summed E-state index contributed by atoms with van der Waals surface area (Å²) in [6.45, 7) is 4.73. The molecule has 0 amide bonds. The van der Waals surface area contributed by atoms with Crippen LogP contribution >= 0.6 is 0 Å². The molecule has 0 unspecified atom stereocenters. The first-order chi connectivity index (χ1) is 10.2. The summed E-state index contributed by atoms with van der Waals surface area (Å²) < 4.78 is 12.8. The average molecular weight is 286 g/mol. The lowest BCUT2D eigenvalue weighted by atomic mass is 10.1. The molecular weight excluding hydrogens is 267 g/mol. The van der Waals surface area contributed by atoms with E-state index in [1.807, 2.05) is 6.20 Å². The second-order valence-corrected chi connectivity index (χ2v) is 5.46. The van der Waals surface area contributed by atoms with Crippen molar-refractivity contribution in [2.45, 2.75) is 39.3 Å². The van der Waals surface area contributed by atoms with Crippen LogP contribution in [0.1, 0.15) is 36.0 Å². The van der Waals surface area contributed by atoms with E-state index >= 15 is 0 Å². The molecule has 2 aromatic heterocycles. The van der Waals surface area contributed by atoms with E-state index in [2.05, 4.69) is 26.8 Å². The molecule has 3 heterocycles. The number of hydrogen-bond donors (Lipinski definition) is 0. The van der Waals surface area contributed by atoms with Crippen LogP contribution in [0.4, 0.5) is 4.39 Å². The number of hydrogen-bond acceptors (Lipinski definition) is 4. The number of nitrogens with zero attached hydrogens (tertiary/aromatic N) is 4. The smallest absolute Gasteiger partial charge is 0.212 e. The lowest BCUT2D eigenvalue weighted by Crippen LogP contribution is -2.31. The minimum Gasteiger partial charge on any atom is -0.294 e. The van der Waals surface area contributed by atoms with Gasteiger partial charge in [-0.15, -0.1) is 0 Å². The first-order valence-corrected chi connectivity index (χ1v) is 7.41. The molecule has 5 heteroatoms. The predicted octanol–water partition coefficient (Wildman–Crippen LogP) is 2.52. The molecule has 0 N–H and O–H groups in total. The molecule has 0 saturated carbocycles. The number of pyridine rings is 1. The van der Waals surface area contributed by atoms with Crippen LogP contribution in [0, 0.1) is 5.95 Å². The Kier molecular flexibility index (Phi) is 4.20. The van der Waals surface area contributed by atoms with Crippen LogP contribution in [0.25, 0.3) is 0 Å². The third-order valence-corrected chi connectivity index (χ3v) is 3.73. The SMILES string of the molecule is CCCc1ncc2c(n1)CCN(Cc1ccc(F)nc1)C2. The first-order valence-electron chi connectivity index (χ1n) is 7.41. The summed E-state index contributed by atoms with van der Waals surface area (Å²) in [6.07, 6.45) is 6.53. The van der Waals surface area contributed by atoms with Gasteiger partial charge in [0.2, 0.25) is 5.95 Å². The highest BCUT2D eigenvalue weighted by Crippen LogP contribution is 2.18. The zero-order valence-electron chi connectivity index (χ0n) is 12.2. The molecule has 110 valence electrons. The van der Waals surface area contributed by atoms with Crippen LogP contribution in [0.3, 0.4) is 0 Å². The van der Waals surface area contributed by atoms with Crippen molar-refractivity contribution < 1.29 is 4.39 Å². The third-order valence-electron chi connectivity index (χ3n) is 3.73. The van der Waals surface area contributed by atoms with Crippen LogP contribution in [0.2, 0.25) is 0 Å². The number of aryl methyl sites for hydroxylation is 1. The molecule has 0 bridgehead atoms. The minimum atomic E-state index is -0.431. The van der Waals surface area contributed by atoms with Gasteiger partial charge in [-0.2, -0.15) is 4.39 Å². The van der Waals surface area contributed by atoms with Gasteiger partial charge >= 0.3 is 0 Å². The standard InChI is InChI=1S/C16H19FN4/c1-2-3-16-19-9-13-11-21(7-6-14(13)20-16)10-12-4-5-15(17)18-8-12/h4-5,8-9H,2-3,6-7,10-11H2,1H3. The Morgan fingerprint density at radius 3 is 2.90 bits per heavy atom. The van der Waals surface area contributed by atoms with Gasteiger partial charge in [0.05, 0.1) is 0 Å². The van der Waals surface area contributed by atoms with Crippen molar-refractivity contribution in [1.29, 1.82) is 0 Å². The minimum absolute atomic E-state index is 0.431. The number of aromatic nitrogens is 3. The van der Waals surface area contributed by atoms with Crippen molar-refractivity contribution in [2.75, 3.05) is 6.54 Å². The van der Waals surface area contributed by atoms with Gasteiger partial charge in [0.25, 0.3) is 0 Å². The van der Waals surface area contributed by atoms with E-state index in [1.54, 1.807) is 12.3 Å². The predicted molar refractivity (Wildman–Crippen MR) is 78.0 cm³/mol. The van der Waals surface area contributed by atoms with Crippen molar-refractivity contribution in [3.05, 3.63) is 53.1 Å². The van der Waals surface area contributed by atoms with Gasteiger partial charge in [0.15, 0.2) is 0 Å². The molecule has 0 spiro atoms. The highest BCUT2D eigenvalue weighted by Gasteiger charge is 2.18. The van der Waals surface area contributed by atoms with E-state index < -0.39 is 5.95 Å². The molecule has 2 aromatic rings. The number of halogens is 1. The highest BCUT2D eigenvalue weighted by molar-refractivity contribution is 5.21. The fourth-order valence-electron chi connectivity index (χ4n) is 2.65. The molecule has 3 rings (SSSR count). The molecule has 0 aromatic carbocycles. The van der Waals surface area contributed by atoms with Crippen LogP contribution in [0.5, 0.6) is 0 Å². The first kappa shape index (κ1) is 14.1. The second kappa shape index (κ2) is 6.26. The Hall–Kier alpha value is -1.88. The van der Waals surface area contributed by atoms with Gasteiger partial charge < -0.3 is 0 Å². The van der Waals surface area contributed by atoms with E-state index in [0.29, 0.717) is 0 Å². The monoisotopic (exact) mass is 286 g/mol. The van der Waals surface area contributed by atoms with Crippen molar-refractivity contribution in [2.24, 2.45) is 0 Å². The molecule has 4 nitrogen and oxygen atoms in total. The third kappa shape index (κ3) is 3.42. The van der Waals surface area contributed by atoms with Crippen molar-refractivity contribution in [1.82, 2.24) is 19.9 Å². The molecule has 1 aliphatic rings. The fraction of sp³-hybridized carbons (Fsp3) is 0.438. The van der Waals surface area contributed by atoms with Crippen LogP contribution in [0.15, 0.2) is 24.5 Å². The van der Waals surface area contributed by atoms with Crippen molar-refractivity contribution in [3.8, 4) is 0 Å². The highest BCUT2D eigenvalue weighted by atomic mass is 19.1. The molecule has 1 aliphatic heterocycles. The molecular formula is C16H19FN4. The largest absolute Gasteiger partial charge is 0.294 e. The molecule has 0 saturated heterocycles. The maximum absolute atomic E-state index is 12.8. The average Bonchev–Trinajstić information content (AvgIpc) is 2.50. The second-order valence-electron chi connectivity index (χ2n) is 5.46. The lowest BCUT2D eigenvalue weighted by Gasteiger charge is -2.28.